The van der Waals surface area contributed by atoms with E-state index in [0.717, 1.165) is 30.0 Å². The molecule has 1 fully saturated rings. The summed E-state index contributed by atoms with van der Waals surface area (Å²) < 4.78 is 0. The van der Waals surface area contributed by atoms with Gasteiger partial charge in [0.2, 0.25) is 11.8 Å². The molecule has 0 bridgehead atoms. The van der Waals surface area contributed by atoms with E-state index in [4.69, 9.17) is 0 Å². The van der Waals surface area contributed by atoms with Crippen molar-refractivity contribution in [3.63, 3.8) is 0 Å². The number of ketones is 1. The molecule has 4 rings (SSSR count). The number of Topliss-reactive ketones (excluding diaryl/α,β-unsaturated/α-hetero) is 1. The maximum Gasteiger partial charge on any atom is 0.230 e. The number of hydrogen-bond donors (Lipinski definition) is 1. The Labute approximate surface area is 164 Å². The number of hydrogen-bond acceptors (Lipinski definition) is 4. The summed E-state index contributed by atoms with van der Waals surface area (Å²) >= 11 is 0. The van der Waals surface area contributed by atoms with Crippen molar-refractivity contribution < 1.29 is 14.4 Å². The fourth-order valence-electron chi connectivity index (χ4n) is 3.94. The van der Waals surface area contributed by atoms with Crippen LogP contribution in [0, 0.1) is 0 Å². The minimum absolute atomic E-state index is 0.0221. The lowest BCUT2D eigenvalue weighted by Gasteiger charge is -2.38. The van der Waals surface area contributed by atoms with Gasteiger partial charge in [0.1, 0.15) is 0 Å². The second-order valence-corrected chi connectivity index (χ2v) is 7.31. The maximum atomic E-state index is 13.1. The molecule has 2 aliphatic rings. The third-order valence-corrected chi connectivity index (χ3v) is 5.53. The summed E-state index contributed by atoms with van der Waals surface area (Å²) in [5.74, 6) is -0.444. The molecule has 2 heterocycles. The molecular formula is C22H23N3O3. The number of carbonyl (C=O) groups is 3. The van der Waals surface area contributed by atoms with Gasteiger partial charge in [-0.3, -0.25) is 14.4 Å². The summed E-state index contributed by atoms with van der Waals surface area (Å²) in [7, 11) is 0. The van der Waals surface area contributed by atoms with E-state index < -0.39 is 5.92 Å². The maximum absolute atomic E-state index is 13.1. The van der Waals surface area contributed by atoms with Gasteiger partial charge in [0.05, 0.1) is 5.92 Å². The Morgan fingerprint density at radius 1 is 0.964 bits per heavy atom. The normalized spacial score (nSPS) is 19.0. The third-order valence-electron chi connectivity index (χ3n) is 5.53. The number of benzene rings is 2. The fraction of sp³-hybridized carbons (Fsp3) is 0.318. The Morgan fingerprint density at radius 3 is 2.32 bits per heavy atom. The molecule has 0 saturated carbocycles. The standard InChI is InChI=1S/C22H23N3O3/c1-15(26)16-6-8-17(9-7-16)24-10-12-25(13-11-24)22(28)19-14-21(27)23-20-5-3-2-4-18(19)20/h2-9,19H,10-14H2,1H3,(H,23,27)/t19-/m1/s1. The molecule has 2 aromatic rings. The van der Waals surface area contributed by atoms with Crippen LogP contribution in [0.15, 0.2) is 48.5 Å². The van der Waals surface area contributed by atoms with Gasteiger partial charge in [-0.15, -0.1) is 0 Å². The molecule has 0 radical (unpaired) electrons. The summed E-state index contributed by atoms with van der Waals surface area (Å²) in [6, 6.07) is 15.1. The van der Waals surface area contributed by atoms with Crippen LogP contribution in [-0.2, 0) is 9.59 Å². The first-order valence-electron chi connectivity index (χ1n) is 9.56. The van der Waals surface area contributed by atoms with Gasteiger partial charge in [0.25, 0.3) is 0 Å². The molecule has 2 aliphatic heterocycles. The SMILES string of the molecule is CC(=O)c1ccc(N2CCN(C(=O)[C@@H]3CC(=O)Nc4ccccc43)CC2)cc1. The van der Waals surface area contributed by atoms with Gasteiger partial charge in [0, 0.05) is 49.5 Å². The van der Waals surface area contributed by atoms with Gasteiger partial charge in [0.15, 0.2) is 5.78 Å². The quantitative estimate of drug-likeness (QED) is 0.835. The molecule has 2 amide bonds. The van der Waals surface area contributed by atoms with Gasteiger partial charge >= 0.3 is 0 Å². The van der Waals surface area contributed by atoms with Gasteiger partial charge in [-0.1, -0.05) is 18.2 Å². The number of nitrogens with one attached hydrogen (secondary N) is 1. The summed E-state index contributed by atoms with van der Waals surface area (Å²) in [4.78, 5) is 40.6. The first kappa shape index (κ1) is 18.2. The molecule has 0 aliphatic carbocycles. The average Bonchev–Trinajstić information content (AvgIpc) is 2.73. The van der Waals surface area contributed by atoms with Crippen LogP contribution in [0.5, 0.6) is 0 Å². The molecule has 1 N–H and O–H groups in total. The van der Waals surface area contributed by atoms with Crippen molar-refractivity contribution in [2.24, 2.45) is 0 Å². The van der Waals surface area contributed by atoms with E-state index in [1.807, 2.05) is 53.4 Å². The van der Waals surface area contributed by atoms with E-state index in [1.54, 1.807) is 6.92 Å². The van der Waals surface area contributed by atoms with E-state index in [2.05, 4.69) is 10.2 Å². The van der Waals surface area contributed by atoms with Crippen LogP contribution >= 0.6 is 0 Å². The highest BCUT2D eigenvalue weighted by Gasteiger charge is 2.34. The molecule has 2 aromatic carbocycles. The van der Waals surface area contributed by atoms with Crippen LogP contribution in [-0.4, -0.2) is 48.7 Å². The predicted octanol–water partition coefficient (Wildman–Crippen LogP) is 2.66. The smallest absolute Gasteiger partial charge is 0.230 e. The number of amides is 2. The summed E-state index contributed by atoms with van der Waals surface area (Å²) in [6.45, 7) is 4.25. The number of anilines is 2. The van der Waals surface area contributed by atoms with E-state index in [-0.39, 0.29) is 24.0 Å². The molecule has 0 spiro atoms. The predicted molar refractivity (Wildman–Crippen MR) is 108 cm³/mol. The van der Waals surface area contributed by atoms with Crippen LogP contribution in [0.4, 0.5) is 11.4 Å². The van der Waals surface area contributed by atoms with Crippen molar-refractivity contribution in [2.45, 2.75) is 19.3 Å². The molecule has 144 valence electrons. The van der Waals surface area contributed by atoms with Crippen molar-refractivity contribution in [1.82, 2.24) is 4.90 Å². The number of nitrogens with zero attached hydrogens (tertiary/aromatic N) is 2. The molecule has 28 heavy (non-hydrogen) atoms. The number of fused-ring (bicyclic) bond motifs is 1. The van der Waals surface area contributed by atoms with Gasteiger partial charge in [-0.25, -0.2) is 0 Å². The number of carbonyl (C=O) groups excluding carboxylic acids is 3. The zero-order chi connectivity index (χ0) is 19.7. The number of rotatable bonds is 3. The number of para-hydroxylation sites is 1. The molecule has 6 nitrogen and oxygen atoms in total. The Kier molecular flexibility index (Phi) is 4.86. The fourth-order valence-corrected chi connectivity index (χ4v) is 3.94. The van der Waals surface area contributed by atoms with Gasteiger partial charge < -0.3 is 15.1 Å². The highest BCUT2D eigenvalue weighted by atomic mass is 16.2. The first-order valence-corrected chi connectivity index (χ1v) is 9.56. The van der Waals surface area contributed by atoms with Crippen molar-refractivity contribution >= 4 is 29.0 Å². The van der Waals surface area contributed by atoms with E-state index >= 15 is 0 Å². The van der Waals surface area contributed by atoms with Gasteiger partial charge in [-0.2, -0.15) is 0 Å². The summed E-state index contributed by atoms with van der Waals surface area (Å²) in [5.41, 5.74) is 3.39. The first-order chi connectivity index (χ1) is 13.5. The van der Waals surface area contributed by atoms with Crippen molar-refractivity contribution in [1.29, 1.82) is 0 Å². The Hall–Kier alpha value is -3.15. The largest absolute Gasteiger partial charge is 0.368 e. The molecular weight excluding hydrogens is 354 g/mol. The van der Waals surface area contributed by atoms with E-state index in [9.17, 15) is 14.4 Å². The monoisotopic (exact) mass is 377 g/mol. The zero-order valence-corrected chi connectivity index (χ0v) is 15.9. The molecule has 0 unspecified atom stereocenters. The van der Waals surface area contributed by atoms with Crippen LogP contribution in [0.2, 0.25) is 0 Å². The lowest BCUT2D eigenvalue weighted by Crippen LogP contribution is -2.50. The van der Waals surface area contributed by atoms with E-state index in [0.29, 0.717) is 18.7 Å². The second-order valence-electron chi connectivity index (χ2n) is 7.31. The average molecular weight is 377 g/mol. The lowest BCUT2D eigenvalue weighted by molar-refractivity contribution is -0.135. The Balaban J connectivity index is 1.43. The topological polar surface area (TPSA) is 69.7 Å². The number of piperazine rings is 1. The van der Waals surface area contributed by atoms with Crippen LogP contribution in [0.25, 0.3) is 0 Å². The summed E-state index contributed by atoms with van der Waals surface area (Å²) in [5, 5.41) is 2.85. The van der Waals surface area contributed by atoms with Gasteiger partial charge in [-0.05, 0) is 42.8 Å². The van der Waals surface area contributed by atoms with Crippen molar-refractivity contribution in [2.75, 3.05) is 36.4 Å². The van der Waals surface area contributed by atoms with Crippen molar-refractivity contribution in [3.8, 4) is 0 Å². The molecule has 1 saturated heterocycles. The summed E-state index contributed by atoms with van der Waals surface area (Å²) in [6.07, 6.45) is 0.197. The van der Waals surface area contributed by atoms with Crippen molar-refractivity contribution in [3.05, 3.63) is 59.7 Å². The minimum atomic E-state index is -0.411. The zero-order valence-electron chi connectivity index (χ0n) is 15.9. The second kappa shape index (κ2) is 7.46. The van der Waals surface area contributed by atoms with Crippen LogP contribution in [0.3, 0.4) is 0 Å². The third kappa shape index (κ3) is 3.50. The molecule has 0 aromatic heterocycles. The Bertz CT molecular complexity index is 915. The van der Waals surface area contributed by atoms with Crippen LogP contribution < -0.4 is 10.2 Å². The lowest BCUT2D eigenvalue weighted by atomic mass is 9.89. The molecule has 6 heteroatoms. The minimum Gasteiger partial charge on any atom is -0.368 e. The molecule has 1 atom stereocenters. The highest BCUT2D eigenvalue weighted by molar-refractivity contribution is 6.01. The van der Waals surface area contributed by atoms with Crippen LogP contribution in [0.1, 0.15) is 35.2 Å². The Morgan fingerprint density at radius 2 is 1.64 bits per heavy atom. The highest BCUT2D eigenvalue weighted by Crippen LogP contribution is 2.33. The van der Waals surface area contributed by atoms with E-state index in [1.165, 1.54) is 0 Å².